The molecule has 2 amide bonds. The molecule has 0 saturated carbocycles. The van der Waals surface area contributed by atoms with Gasteiger partial charge in [-0.05, 0) is 43.0 Å². The second-order valence-electron chi connectivity index (χ2n) is 6.72. The van der Waals surface area contributed by atoms with Crippen LogP contribution in [0, 0.1) is 13.8 Å². The number of hydrogen-bond donors (Lipinski definition) is 0. The average molecular weight is 348 g/mol. The van der Waals surface area contributed by atoms with E-state index in [0.29, 0.717) is 24.4 Å². The molecule has 134 valence electrons. The van der Waals surface area contributed by atoms with E-state index < -0.39 is 0 Å². The number of nitrogens with zero attached hydrogens (tertiary/aromatic N) is 2. The van der Waals surface area contributed by atoms with E-state index in [0.717, 1.165) is 22.3 Å². The average Bonchev–Trinajstić information content (AvgIpc) is 2.88. The van der Waals surface area contributed by atoms with Crippen LogP contribution in [0.3, 0.4) is 0 Å². The Morgan fingerprint density at radius 1 is 0.923 bits per heavy atom. The highest BCUT2D eigenvalue weighted by molar-refractivity contribution is 6.35. The van der Waals surface area contributed by atoms with Crippen LogP contribution in [0.5, 0.6) is 0 Å². The predicted molar refractivity (Wildman–Crippen MR) is 103 cm³/mol. The zero-order valence-corrected chi connectivity index (χ0v) is 15.7. The lowest BCUT2D eigenvalue weighted by Gasteiger charge is -2.21. The summed E-state index contributed by atoms with van der Waals surface area (Å²) in [6, 6.07) is 15.9. The fourth-order valence-corrected chi connectivity index (χ4v) is 3.30. The quantitative estimate of drug-likeness (QED) is 0.776. The van der Waals surface area contributed by atoms with Crippen LogP contribution < -0.4 is 0 Å². The van der Waals surface area contributed by atoms with Crippen molar-refractivity contribution in [1.82, 2.24) is 9.80 Å². The summed E-state index contributed by atoms with van der Waals surface area (Å²) in [5.74, 6) is -0.431. The van der Waals surface area contributed by atoms with Gasteiger partial charge in [0, 0.05) is 20.1 Å². The third-order valence-corrected chi connectivity index (χ3v) is 4.90. The Bertz CT molecular complexity index is 884. The van der Waals surface area contributed by atoms with Crippen molar-refractivity contribution in [1.29, 1.82) is 0 Å². The van der Waals surface area contributed by atoms with Gasteiger partial charge in [0.1, 0.15) is 5.70 Å². The van der Waals surface area contributed by atoms with Crippen LogP contribution in [0.25, 0.3) is 5.57 Å². The molecular weight excluding hydrogens is 324 g/mol. The minimum Gasteiger partial charge on any atom is -0.365 e. The molecule has 0 spiro atoms. The van der Waals surface area contributed by atoms with Crippen molar-refractivity contribution in [2.75, 3.05) is 13.6 Å². The van der Waals surface area contributed by atoms with Crippen molar-refractivity contribution in [3.63, 3.8) is 0 Å². The van der Waals surface area contributed by atoms with Crippen LogP contribution in [0.1, 0.15) is 29.2 Å². The van der Waals surface area contributed by atoms with E-state index in [2.05, 4.69) is 0 Å². The summed E-state index contributed by atoms with van der Waals surface area (Å²) in [6.45, 7) is 6.82. The fourth-order valence-electron chi connectivity index (χ4n) is 3.30. The number of rotatable bonds is 5. The summed E-state index contributed by atoms with van der Waals surface area (Å²) in [4.78, 5) is 29.1. The van der Waals surface area contributed by atoms with Crippen LogP contribution in [0.15, 0.2) is 54.2 Å². The van der Waals surface area contributed by atoms with Crippen molar-refractivity contribution in [3.05, 3.63) is 76.5 Å². The molecule has 0 aromatic heterocycles. The molecule has 2 aromatic carbocycles. The molecule has 0 radical (unpaired) electrons. The van der Waals surface area contributed by atoms with Crippen LogP contribution in [0.2, 0.25) is 0 Å². The summed E-state index contributed by atoms with van der Waals surface area (Å²) < 4.78 is 0. The Balaban J connectivity index is 2.07. The first-order chi connectivity index (χ1) is 12.4. The van der Waals surface area contributed by atoms with E-state index in [4.69, 9.17) is 0 Å². The number of carbonyl (C=O) groups excluding carboxylic acids is 2. The summed E-state index contributed by atoms with van der Waals surface area (Å²) in [6.07, 6.45) is 0. The molecule has 0 aliphatic carbocycles. The Morgan fingerprint density at radius 3 is 2.23 bits per heavy atom. The van der Waals surface area contributed by atoms with E-state index in [1.54, 1.807) is 0 Å². The van der Waals surface area contributed by atoms with E-state index in [-0.39, 0.29) is 11.8 Å². The molecule has 2 aromatic rings. The number of imide groups is 1. The monoisotopic (exact) mass is 348 g/mol. The Hall–Kier alpha value is -2.88. The molecule has 26 heavy (non-hydrogen) atoms. The van der Waals surface area contributed by atoms with Crippen molar-refractivity contribution >= 4 is 17.4 Å². The second-order valence-corrected chi connectivity index (χ2v) is 6.72. The number of aryl methyl sites for hydroxylation is 2. The maximum atomic E-state index is 12.9. The van der Waals surface area contributed by atoms with Crippen molar-refractivity contribution in [3.8, 4) is 0 Å². The van der Waals surface area contributed by atoms with E-state index >= 15 is 0 Å². The normalized spacial score (nSPS) is 14.4. The molecule has 0 bridgehead atoms. The molecule has 4 heteroatoms. The Morgan fingerprint density at radius 2 is 1.62 bits per heavy atom. The van der Waals surface area contributed by atoms with Crippen molar-refractivity contribution in [2.45, 2.75) is 27.3 Å². The number of amides is 2. The largest absolute Gasteiger partial charge is 0.365 e. The molecule has 1 heterocycles. The summed E-state index contributed by atoms with van der Waals surface area (Å²) in [5, 5.41) is 0. The Kier molecular flexibility index (Phi) is 4.94. The topological polar surface area (TPSA) is 40.6 Å². The molecule has 0 atom stereocenters. The molecule has 4 nitrogen and oxygen atoms in total. The van der Waals surface area contributed by atoms with Gasteiger partial charge in [-0.3, -0.25) is 14.5 Å². The number of likely N-dealkylation sites (N-methyl/N-ethyl adjacent to an activating group) is 2. The zero-order chi connectivity index (χ0) is 18.8. The predicted octanol–water partition coefficient (Wildman–Crippen LogP) is 3.54. The SMILES string of the molecule is CCN1C(=O)C(c2ccc(C)c(C)c2)=C(N(C)Cc2ccccc2)C1=O. The molecule has 3 rings (SSSR count). The second kappa shape index (κ2) is 7.16. The molecule has 0 saturated heterocycles. The van der Waals surface area contributed by atoms with Crippen LogP contribution in [-0.2, 0) is 16.1 Å². The van der Waals surface area contributed by atoms with Gasteiger partial charge in [-0.15, -0.1) is 0 Å². The minimum atomic E-state index is -0.218. The highest BCUT2D eigenvalue weighted by Crippen LogP contribution is 2.32. The lowest BCUT2D eigenvalue weighted by Crippen LogP contribution is -2.33. The number of benzene rings is 2. The van der Waals surface area contributed by atoms with Crippen LogP contribution in [0.4, 0.5) is 0 Å². The first kappa shape index (κ1) is 17.9. The van der Waals surface area contributed by atoms with Gasteiger partial charge < -0.3 is 4.90 Å². The smallest absolute Gasteiger partial charge is 0.277 e. The summed E-state index contributed by atoms with van der Waals surface area (Å²) >= 11 is 0. The maximum Gasteiger partial charge on any atom is 0.277 e. The molecule has 0 unspecified atom stereocenters. The molecule has 0 N–H and O–H groups in total. The molecule has 0 fully saturated rings. The summed E-state index contributed by atoms with van der Waals surface area (Å²) in [7, 11) is 1.87. The highest BCUT2D eigenvalue weighted by atomic mass is 16.2. The van der Waals surface area contributed by atoms with Gasteiger partial charge in [0.15, 0.2) is 0 Å². The van der Waals surface area contributed by atoms with E-state index in [9.17, 15) is 9.59 Å². The van der Waals surface area contributed by atoms with E-state index in [1.165, 1.54) is 4.90 Å². The maximum absolute atomic E-state index is 12.9. The highest BCUT2D eigenvalue weighted by Gasteiger charge is 2.39. The standard InChI is InChI=1S/C22H24N2O2/c1-5-24-21(25)19(18-12-11-15(2)16(3)13-18)20(22(24)26)23(4)14-17-9-7-6-8-10-17/h6-13H,5,14H2,1-4H3. The first-order valence-corrected chi connectivity index (χ1v) is 8.87. The van der Waals surface area contributed by atoms with Gasteiger partial charge in [-0.25, -0.2) is 0 Å². The van der Waals surface area contributed by atoms with Gasteiger partial charge in [-0.2, -0.15) is 0 Å². The molecule has 1 aliphatic heterocycles. The lowest BCUT2D eigenvalue weighted by molar-refractivity contribution is -0.137. The number of carbonyl (C=O) groups is 2. The van der Waals surface area contributed by atoms with Crippen molar-refractivity contribution in [2.24, 2.45) is 0 Å². The van der Waals surface area contributed by atoms with Crippen LogP contribution >= 0.6 is 0 Å². The molecule has 1 aliphatic rings. The van der Waals surface area contributed by atoms with Gasteiger partial charge >= 0.3 is 0 Å². The summed E-state index contributed by atoms with van der Waals surface area (Å²) in [5.41, 5.74) is 5.14. The lowest BCUT2D eigenvalue weighted by atomic mass is 9.99. The third-order valence-electron chi connectivity index (χ3n) is 4.90. The number of hydrogen-bond acceptors (Lipinski definition) is 3. The molecular formula is C22H24N2O2. The van der Waals surface area contributed by atoms with Gasteiger partial charge in [0.2, 0.25) is 0 Å². The first-order valence-electron chi connectivity index (χ1n) is 8.87. The van der Waals surface area contributed by atoms with Gasteiger partial charge in [-0.1, -0.05) is 48.5 Å². The zero-order valence-electron chi connectivity index (χ0n) is 15.7. The van der Waals surface area contributed by atoms with Gasteiger partial charge in [0.05, 0.1) is 5.57 Å². The fraction of sp³-hybridized carbons (Fsp3) is 0.273. The van der Waals surface area contributed by atoms with Gasteiger partial charge in [0.25, 0.3) is 11.8 Å². The van der Waals surface area contributed by atoms with Crippen LogP contribution in [-0.4, -0.2) is 35.2 Å². The Labute approximate surface area is 154 Å². The third kappa shape index (κ3) is 3.15. The van der Waals surface area contributed by atoms with Crippen molar-refractivity contribution < 1.29 is 9.59 Å². The van der Waals surface area contributed by atoms with E-state index in [1.807, 2.05) is 81.2 Å². The minimum absolute atomic E-state index is 0.212.